The van der Waals surface area contributed by atoms with Crippen molar-refractivity contribution in [3.8, 4) is 0 Å². The van der Waals surface area contributed by atoms with Crippen LogP contribution in [0.25, 0.3) is 0 Å². The highest BCUT2D eigenvalue weighted by Gasteiger charge is 2.19. The Kier molecular flexibility index (Phi) is 5.87. The maximum absolute atomic E-state index is 5.68. The minimum atomic E-state index is 0.663. The van der Waals surface area contributed by atoms with E-state index in [1.807, 2.05) is 0 Å². The molecular weight excluding hydrogens is 232 g/mol. The number of hydrogen-bond acceptors (Lipinski definition) is 2. The van der Waals surface area contributed by atoms with Gasteiger partial charge in [0, 0.05) is 6.54 Å². The van der Waals surface area contributed by atoms with Crippen LogP contribution in [-0.4, -0.2) is 31.1 Å². The van der Waals surface area contributed by atoms with Gasteiger partial charge in [-0.15, -0.1) is 0 Å². The molecule has 1 heterocycles. The van der Waals surface area contributed by atoms with E-state index in [0.717, 1.165) is 12.5 Å². The number of hydrogen-bond donors (Lipinski definition) is 1. The predicted molar refractivity (Wildman–Crippen MR) is 82.3 cm³/mol. The number of likely N-dealkylation sites (tertiary alicyclic amines) is 1. The van der Waals surface area contributed by atoms with Crippen LogP contribution in [0.3, 0.4) is 0 Å². The highest BCUT2D eigenvalue weighted by molar-refractivity contribution is 5.18. The van der Waals surface area contributed by atoms with E-state index in [2.05, 4.69) is 42.2 Å². The minimum absolute atomic E-state index is 0.663. The van der Waals surface area contributed by atoms with Crippen LogP contribution in [0.2, 0.25) is 0 Å². The number of rotatable bonds is 6. The molecule has 2 heteroatoms. The molecule has 0 radical (unpaired) electrons. The molecule has 2 atom stereocenters. The molecule has 0 aromatic heterocycles. The summed E-state index contributed by atoms with van der Waals surface area (Å²) < 4.78 is 0. The first-order chi connectivity index (χ1) is 9.29. The van der Waals surface area contributed by atoms with Gasteiger partial charge in [0.05, 0.1) is 0 Å². The normalized spacial score (nSPS) is 22.3. The van der Waals surface area contributed by atoms with Crippen molar-refractivity contribution in [3.63, 3.8) is 0 Å². The van der Waals surface area contributed by atoms with Gasteiger partial charge in [-0.05, 0) is 62.7 Å². The minimum Gasteiger partial charge on any atom is -0.330 e. The first kappa shape index (κ1) is 14.5. The van der Waals surface area contributed by atoms with Crippen LogP contribution in [0.1, 0.15) is 44.1 Å². The van der Waals surface area contributed by atoms with Crippen LogP contribution < -0.4 is 5.73 Å². The molecule has 1 fully saturated rings. The lowest BCUT2D eigenvalue weighted by Crippen LogP contribution is -2.37. The molecule has 1 aromatic rings. The molecule has 1 aliphatic heterocycles. The Labute approximate surface area is 118 Å². The van der Waals surface area contributed by atoms with Gasteiger partial charge in [-0.3, -0.25) is 0 Å². The predicted octanol–water partition coefficient (Wildman–Crippen LogP) is 3.24. The Bertz CT molecular complexity index is 348. The van der Waals surface area contributed by atoms with Crippen LogP contribution in [0.15, 0.2) is 30.3 Å². The lowest BCUT2D eigenvalue weighted by molar-refractivity contribution is 0.166. The lowest BCUT2D eigenvalue weighted by atomic mass is 9.93. The van der Waals surface area contributed by atoms with E-state index in [9.17, 15) is 0 Å². The molecule has 0 saturated carbocycles. The molecule has 1 saturated heterocycles. The topological polar surface area (TPSA) is 29.3 Å². The van der Waals surface area contributed by atoms with Crippen molar-refractivity contribution in [1.29, 1.82) is 0 Å². The Morgan fingerprint density at radius 2 is 2.11 bits per heavy atom. The van der Waals surface area contributed by atoms with E-state index >= 15 is 0 Å². The van der Waals surface area contributed by atoms with Gasteiger partial charge in [0.1, 0.15) is 0 Å². The average molecular weight is 260 g/mol. The maximum atomic E-state index is 5.68. The van der Waals surface area contributed by atoms with Crippen molar-refractivity contribution in [2.45, 2.75) is 38.5 Å². The fourth-order valence-corrected chi connectivity index (χ4v) is 3.15. The first-order valence-corrected chi connectivity index (χ1v) is 7.77. The van der Waals surface area contributed by atoms with Gasteiger partial charge in [0.2, 0.25) is 0 Å². The number of nitrogens with zero attached hydrogens (tertiary/aromatic N) is 1. The Morgan fingerprint density at radius 3 is 2.84 bits per heavy atom. The second kappa shape index (κ2) is 7.66. The zero-order valence-electron chi connectivity index (χ0n) is 12.2. The molecule has 19 heavy (non-hydrogen) atoms. The quantitative estimate of drug-likeness (QED) is 0.851. The zero-order valence-corrected chi connectivity index (χ0v) is 12.2. The Balaban J connectivity index is 1.75. The number of benzene rings is 1. The Morgan fingerprint density at radius 1 is 1.32 bits per heavy atom. The van der Waals surface area contributed by atoms with Crippen molar-refractivity contribution in [3.05, 3.63) is 35.9 Å². The van der Waals surface area contributed by atoms with Crippen molar-refractivity contribution >= 4 is 0 Å². The molecule has 2 N–H and O–H groups in total. The third-order valence-electron chi connectivity index (χ3n) is 4.42. The lowest BCUT2D eigenvalue weighted by Gasteiger charge is -2.33. The van der Waals surface area contributed by atoms with Gasteiger partial charge in [0.25, 0.3) is 0 Å². The van der Waals surface area contributed by atoms with Crippen molar-refractivity contribution in [2.24, 2.45) is 11.7 Å². The zero-order chi connectivity index (χ0) is 13.5. The van der Waals surface area contributed by atoms with Gasteiger partial charge < -0.3 is 10.6 Å². The Hall–Kier alpha value is -0.860. The molecule has 2 nitrogen and oxygen atoms in total. The fourth-order valence-electron chi connectivity index (χ4n) is 3.15. The first-order valence-electron chi connectivity index (χ1n) is 7.77. The van der Waals surface area contributed by atoms with Crippen molar-refractivity contribution < 1.29 is 0 Å². The molecule has 0 bridgehead atoms. The van der Waals surface area contributed by atoms with Gasteiger partial charge in [-0.25, -0.2) is 0 Å². The van der Waals surface area contributed by atoms with Gasteiger partial charge in [-0.1, -0.05) is 37.3 Å². The summed E-state index contributed by atoms with van der Waals surface area (Å²) >= 11 is 0. The second-order valence-corrected chi connectivity index (χ2v) is 5.99. The smallest absolute Gasteiger partial charge is 0.00101 e. The molecule has 0 aliphatic carbocycles. The standard InChI is InChI=1S/C17H28N2/c1-15(17-7-3-2-4-8-17)10-13-19-12-5-6-16(14-19)9-11-18/h2-4,7-8,15-16H,5-6,9-14,18H2,1H3. The maximum Gasteiger partial charge on any atom is 0.00101 e. The molecule has 106 valence electrons. The summed E-state index contributed by atoms with van der Waals surface area (Å²) in [5, 5.41) is 0. The summed E-state index contributed by atoms with van der Waals surface area (Å²) in [6.45, 7) is 6.97. The summed E-state index contributed by atoms with van der Waals surface area (Å²) in [6, 6.07) is 10.9. The molecule has 2 rings (SSSR count). The summed E-state index contributed by atoms with van der Waals surface area (Å²) in [4.78, 5) is 2.64. The van der Waals surface area contributed by atoms with Crippen LogP contribution >= 0.6 is 0 Å². The van der Waals surface area contributed by atoms with Crippen molar-refractivity contribution in [1.82, 2.24) is 4.90 Å². The number of nitrogens with two attached hydrogens (primary N) is 1. The third-order valence-corrected chi connectivity index (χ3v) is 4.42. The van der Waals surface area contributed by atoms with E-state index in [1.54, 1.807) is 0 Å². The monoisotopic (exact) mass is 260 g/mol. The molecule has 1 aromatic carbocycles. The van der Waals surface area contributed by atoms with E-state index in [1.165, 1.54) is 50.9 Å². The van der Waals surface area contributed by atoms with Crippen LogP contribution in [0, 0.1) is 5.92 Å². The number of piperidine rings is 1. The average Bonchev–Trinajstić information content (AvgIpc) is 2.46. The van der Waals surface area contributed by atoms with E-state index < -0.39 is 0 Å². The molecule has 0 amide bonds. The largest absolute Gasteiger partial charge is 0.330 e. The summed E-state index contributed by atoms with van der Waals surface area (Å²) in [7, 11) is 0. The molecule has 1 aliphatic rings. The highest BCUT2D eigenvalue weighted by Crippen LogP contribution is 2.22. The highest BCUT2D eigenvalue weighted by atomic mass is 15.1. The molecular formula is C17H28N2. The van der Waals surface area contributed by atoms with E-state index in [-0.39, 0.29) is 0 Å². The van der Waals surface area contributed by atoms with Gasteiger partial charge in [0.15, 0.2) is 0 Å². The third kappa shape index (κ3) is 4.63. The van der Waals surface area contributed by atoms with Crippen molar-refractivity contribution in [2.75, 3.05) is 26.2 Å². The van der Waals surface area contributed by atoms with E-state index in [0.29, 0.717) is 5.92 Å². The van der Waals surface area contributed by atoms with Crippen LogP contribution in [-0.2, 0) is 0 Å². The molecule has 0 spiro atoms. The SMILES string of the molecule is CC(CCN1CCCC(CCN)C1)c1ccccc1. The summed E-state index contributed by atoms with van der Waals surface area (Å²) in [6.07, 6.45) is 5.19. The van der Waals surface area contributed by atoms with Crippen LogP contribution in [0.5, 0.6) is 0 Å². The summed E-state index contributed by atoms with van der Waals surface area (Å²) in [5.74, 6) is 1.50. The van der Waals surface area contributed by atoms with Crippen LogP contribution in [0.4, 0.5) is 0 Å². The van der Waals surface area contributed by atoms with Gasteiger partial charge in [-0.2, -0.15) is 0 Å². The van der Waals surface area contributed by atoms with Gasteiger partial charge >= 0.3 is 0 Å². The molecule has 2 unspecified atom stereocenters. The fraction of sp³-hybridized carbons (Fsp3) is 0.647. The second-order valence-electron chi connectivity index (χ2n) is 5.99. The summed E-state index contributed by atoms with van der Waals surface area (Å²) in [5.41, 5.74) is 7.15. The van der Waals surface area contributed by atoms with E-state index in [4.69, 9.17) is 5.73 Å².